The summed E-state index contributed by atoms with van der Waals surface area (Å²) in [5.74, 6) is 0.836. The number of thiol groups is 1. The molecule has 0 fully saturated rings. The van der Waals surface area contributed by atoms with Crippen LogP contribution in [0, 0.1) is 0 Å². The minimum Gasteiger partial charge on any atom is -0.307 e. The lowest BCUT2D eigenvalue weighted by Gasteiger charge is -2.05. The molecule has 0 spiro atoms. The van der Waals surface area contributed by atoms with E-state index in [-0.39, 0.29) is 11.2 Å². The third kappa shape index (κ3) is 2.67. The van der Waals surface area contributed by atoms with Crippen LogP contribution in [0.15, 0.2) is 33.9 Å². The highest BCUT2D eigenvalue weighted by Crippen LogP contribution is 2.04. The Balaban J connectivity index is 2.33. The van der Waals surface area contributed by atoms with E-state index in [0.717, 1.165) is 25.0 Å². The van der Waals surface area contributed by atoms with E-state index < -0.39 is 0 Å². The second-order valence-corrected chi connectivity index (χ2v) is 4.66. The van der Waals surface area contributed by atoms with Crippen LogP contribution in [-0.2, 0) is 6.54 Å². The highest BCUT2D eigenvalue weighted by molar-refractivity contribution is 7.80. The summed E-state index contributed by atoms with van der Waals surface area (Å²) in [5, 5.41) is 0.561. The minimum atomic E-state index is -0.329. The molecule has 1 aromatic carbocycles. The van der Waals surface area contributed by atoms with Gasteiger partial charge in [-0.1, -0.05) is 18.6 Å². The van der Waals surface area contributed by atoms with Crippen molar-refractivity contribution in [3.8, 4) is 0 Å². The van der Waals surface area contributed by atoms with Crippen LogP contribution in [0.2, 0.25) is 0 Å². The molecule has 0 saturated carbocycles. The zero-order valence-electron chi connectivity index (χ0n) is 10.1. The molecule has 0 aliphatic heterocycles. The van der Waals surface area contributed by atoms with Crippen LogP contribution in [-0.4, -0.2) is 15.3 Å². The van der Waals surface area contributed by atoms with Crippen LogP contribution in [0.5, 0.6) is 0 Å². The summed E-state index contributed by atoms with van der Waals surface area (Å²) in [4.78, 5) is 26.7. The third-order valence-corrected chi connectivity index (χ3v) is 3.25. The first-order valence-corrected chi connectivity index (χ1v) is 6.70. The van der Waals surface area contributed by atoms with Crippen LogP contribution < -0.4 is 11.2 Å². The number of para-hydroxylation sites is 1. The smallest absolute Gasteiger partial charge is 0.307 e. The molecular weight excluding hydrogens is 248 g/mol. The number of benzene rings is 1. The number of hydrogen-bond acceptors (Lipinski definition) is 3. The minimum absolute atomic E-state index is 0.208. The van der Waals surface area contributed by atoms with Gasteiger partial charge in [0, 0.05) is 6.54 Å². The van der Waals surface area contributed by atoms with Gasteiger partial charge in [0.25, 0.3) is 5.56 Å². The van der Waals surface area contributed by atoms with Gasteiger partial charge in [0.15, 0.2) is 0 Å². The molecule has 0 unspecified atom stereocenters. The number of aromatic amines is 1. The van der Waals surface area contributed by atoms with Gasteiger partial charge in [-0.25, -0.2) is 4.79 Å². The molecule has 96 valence electrons. The van der Waals surface area contributed by atoms with Crippen molar-refractivity contribution in [1.82, 2.24) is 9.55 Å². The molecule has 0 atom stereocenters. The van der Waals surface area contributed by atoms with Gasteiger partial charge in [-0.3, -0.25) is 9.36 Å². The maximum absolute atomic E-state index is 12.1. The molecular formula is C13H16N2O2S. The Hall–Kier alpha value is -1.49. The first-order valence-electron chi connectivity index (χ1n) is 6.07. The normalized spacial score (nSPS) is 10.9. The molecule has 0 bridgehead atoms. The van der Waals surface area contributed by atoms with Crippen LogP contribution in [0.3, 0.4) is 0 Å². The largest absolute Gasteiger partial charge is 0.328 e. The van der Waals surface area contributed by atoms with Gasteiger partial charge in [0.2, 0.25) is 0 Å². The molecule has 0 radical (unpaired) electrons. The Morgan fingerprint density at radius 3 is 2.67 bits per heavy atom. The zero-order chi connectivity index (χ0) is 13.0. The maximum atomic E-state index is 12.1. The van der Waals surface area contributed by atoms with Crippen molar-refractivity contribution in [2.24, 2.45) is 0 Å². The van der Waals surface area contributed by atoms with E-state index in [2.05, 4.69) is 17.6 Å². The van der Waals surface area contributed by atoms with Crippen molar-refractivity contribution in [3.05, 3.63) is 45.1 Å². The quantitative estimate of drug-likeness (QED) is 0.639. The van der Waals surface area contributed by atoms with Gasteiger partial charge in [0.1, 0.15) is 0 Å². The molecule has 1 heterocycles. The summed E-state index contributed by atoms with van der Waals surface area (Å²) in [6, 6.07) is 7.07. The highest BCUT2D eigenvalue weighted by Gasteiger charge is 2.06. The van der Waals surface area contributed by atoms with Crippen LogP contribution in [0.1, 0.15) is 19.3 Å². The van der Waals surface area contributed by atoms with E-state index in [1.165, 1.54) is 4.57 Å². The van der Waals surface area contributed by atoms with Crippen molar-refractivity contribution >= 4 is 23.5 Å². The van der Waals surface area contributed by atoms with Crippen molar-refractivity contribution < 1.29 is 0 Å². The number of hydrogen-bond donors (Lipinski definition) is 2. The summed E-state index contributed by atoms with van der Waals surface area (Å²) >= 11 is 4.13. The van der Waals surface area contributed by atoms with Crippen molar-refractivity contribution in [2.75, 3.05) is 5.75 Å². The Morgan fingerprint density at radius 2 is 1.89 bits per heavy atom. The zero-order valence-corrected chi connectivity index (χ0v) is 11.0. The fourth-order valence-corrected chi connectivity index (χ4v) is 2.18. The maximum Gasteiger partial charge on any atom is 0.328 e. The summed E-state index contributed by atoms with van der Waals surface area (Å²) in [6.07, 6.45) is 2.80. The van der Waals surface area contributed by atoms with E-state index in [1.807, 2.05) is 0 Å². The SMILES string of the molecule is O=c1[nH]c2ccccc2c(=O)n1CCCCCS. The number of rotatable bonds is 5. The molecule has 0 aliphatic carbocycles. The van der Waals surface area contributed by atoms with Gasteiger partial charge in [-0.05, 0) is 30.7 Å². The number of nitrogens with one attached hydrogen (secondary N) is 1. The van der Waals surface area contributed by atoms with E-state index in [1.54, 1.807) is 24.3 Å². The first kappa shape index (κ1) is 13.0. The molecule has 4 nitrogen and oxygen atoms in total. The Labute approximate surface area is 110 Å². The molecule has 2 aromatic rings. The van der Waals surface area contributed by atoms with Crippen molar-refractivity contribution in [1.29, 1.82) is 0 Å². The number of H-pyrrole nitrogens is 1. The molecule has 1 N–H and O–H groups in total. The van der Waals surface area contributed by atoms with Crippen LogP contribution in [0.4, 0.5) is 0 Å². The summed E-state index contributed by atoms with van der Waals surface area (Å²) in [6.45, 7) is 0.465. The summed E-state index contributed by atoms with van der Waals surface area (Å²) in [7, 11) is 0. The topological polar surface area (TPSA) is 54.9 Å². The standard InChI is InChI=1S/C13H16N2O2S/c16-12-10-6-2-3-7-11(10)14-13(17)15(12)8-4-1-5-9-18/h2-3,6-7,18H,1,4-5,8-9H2,(H,14,17). The fourth-order valence-electron chi connectivity index (χ4n) is 1.96. The molecule has 0 amide bonds. The molecule has 5 heteroatoms. The van der Waals surface area contributed by atoms with E-state index >= 15 is 0 Å². The number of fused-ring (bicyclic) bond motifs is 1. The van der Waals surface area contributed by atoms with Crippen LogP contribution in [0.25, 0.3) is 10.9 Å². The van der Waals surface area contributed by atoms with Crippen LogP contribution >= 0.6 is 12.6 Å². The lowest BCUT2D eigenvalue weighted by Crippen LogP contribution is -2.35. The second-order valence-electron chi connectivity index (χ2n) is 4.22. The van der Waals surface area contributed by atoms with Gasteiger partial charge >= 0.3 is 5.69 Å². The van der Waals surface area contributed by atoms with E-state index in [0.29, 0.717) is 17.4 Å². The fraction of sp³-hybridized carbons (Fsp3) is 0.385. The van der Waals surface area contributed by atoms with Gasteiger partial charge < -0.3 is 4.98 Å². The number of unbranched alkanes of at least 4 members (excludes halogenated alkanes) is 2. The van der Waals surface area contributed by atoms with Gasteiger partial charge in [0.05, 0.1) is 10.9 Å². The molecule has 0 aliphatic rings. The Bertz CT molecular complexity index is 645. The van der Waals surface area contributed by atoms with Crippen molar-refractivity contribution in [2.45, 2.75) is 25.8 Å². The first-order chi connectivity index (χ1) is 8.74. The van der Waals surface area contributed by atoms with E-state index in [9.17, 15) is 9.59 Å². The summed E-state index contributed by atoms with van der Waals surface area (Å²) < 4.78 is 1.28. The summed E-state index contributed by atoms with van der Waals surface area (Å²) in [5.41, 5.74) is 0.0592. The van der Waals surface area contributed by atoms with Gasteiger partial charge in [-0.15, -0.1) is 0 Å². The van der Waals surface area contributed by atoms with Crippen molar-refractivity contribution in [3.63, 3.8) is 0 Å². The van der Waals surface area contributed by atoms with Gasteiger partial charge in [-0.2, -0.15) is 12.6 Å². The Kier molecular flexibility index (Phi) is 4.25. The third-order valence-electron chi connectivity index (χ3n) is 2.93. The van der Waals surface area contributed by atoms with E-state index in [4.69, 9.17) is 0 Å². The predicted octanol–water partition coefficient (Wildman–Crippen LogP) is 1.79. The average molecular weight is 264 g/mol. The molecule has 18 heavy (non-hydrogen) atoms. The number of nitrogens with zero attached hydrogens (tertiary/aromatic N) is 1. The Morgan fingerprint density at radius 1 is 1.11 bits per heavy atom. The highest BCUT2D eigenvalue weighted by atomic mass is 32.1. The monoisotopic (exact) mass is 264 g/mol. The molecule has 0 saturated heterocycles. The molecule has 1 aromatic heterocycles. The average Bonchev–Trinajstić information content (AvgIpc) is 2.38. The molecule has 2 rings (SSSR count). The lowest BCUT2D eigenvalue weighted by molar-refractivity contribution is 0.570. The predicted molar refractivity (Wildman–Crippen MR) is 76.5 cm³/mol. The lowest BCUT2D eigenvalue weighted by atomic mass is 10.2. The number of aromatic nitrogens is 2. The second kappa shape index (κ2) is 5.91.